The van der Waals surface area contributed by atoms with Crippen LogP contribution in [0.3, 0.4) is 0 Å². The molecule has 3 N–H and O–H groups in total. The molecule has 1 rings (SSSR count). The van der Waals surface area contributed by atoms with E-state index in [1.165, 1.54) is 19.1 Å². The van der Waals surface area contributed by atoms with Gasteiger partial charge in [-0.05, 0) is 38.5 Å². The van der Waals surface area contributed by atoms with E-state index in [2.05, 4.69) is 10.6 Å². The molecule has 0 fully saturated rings. The predicted molar refractivity (Wildman–Crippen MR) is 69.6 cm³/mol. The fourth-order valence-corrected chi connectivity index (χ4v) is 1.43. The van der Waals surface area contributed by atoms with E-state index in [0.29, 0.717) is 0 Å². The highest BCUT2D eigenvalue weighted by Gasteiger charge is 2.21. The third-order valence-electron chi connectivity index (χ3n) is 2.87. The molecule has 0 aliphatic carbocycles. The van der Waals surface area contributed by atoms with Gasteiger partial charge in [0.25, 0.3) is 0 Å². The highest BCUT2D eigenvalue weighted by Crippen LogP contribution is 2.15. The van der Waals surface area contributed by atoms with Crippen molar-refractivity contribution in [2.75, 3.05) is 5.32 Å². The van der Waals surface area contributed by atoms with Crippen LogP contribution < -0.4 is 10.6 Å². The smallest absolute Gasteiger partial charge is 0.319 e. The Labute approximate surface area is 110 Å². The van der Waals surface area contributed by atoms with E-state index in [9.17, 15) is 14.0 Å². The monoisotopic (exact) mass is 268 g/mol. The van der Waals surface area contributed by atoms with Crippen LogP contribution in [-0.2, 0) is 4.79 Å². The number of halogens is 1. The molecule has 2 atom stereocenters. The van der Waals surface area contributed by atoms with Crippen LogP contribution in [0.5, 0.6) is 0 Å². The molecule has 5 nitrogen and oxygen atoms in total. The maximum atomic E-state index is 13.5. The average Bonchev–Trinajstić information content (AvgIpc) is 2.31. The van der Waals surface area contributed by atoms with Crippen molar-refractivity contribution in [3.05, 3.63) is 29.6 Å². The summed E-state index contributed by atoms with van der Waals surface area (Å²) in [6.07, 6.45) is 0. The molecule has 2 unspecified atom stereocenters. The van der Waals surface area contributed by atoms with E-state index in [-0.39, 0.29) is 5.69 Å². The van der Waals surface area contributed by atoms with Crippen LogP contribution in [-0.4, -0.2) is 23.1 Å². The van der Waals surface area contributed by atoms with Crippen molar-refractivity contribution < 1.29 is 19.1 Å². The number of anilines is 1. The minimum absolute atomic E-state index is 0.0540. The molecule has 1 aromatic carbocycles. The molecular formula is C13H17FN2O3. The van der Waals surface area contributed by atoms with Crippen LogP contribution in [0.1, 0.15) is 19.4 Å². The van der Waals surface area contributed by atoms with Gasteiger partial charge < -0.3 is 15.7 Å². The number of nitrogens with one attached hydrogen (secondary N) is 2. The summed E-state index contributed by atoms with van der Waals surface area (Å²) < 4.78 is 13.5. The first kappa shape index (κ1) is 14.9. The van der Waals surface area contributed by atoms with Crippen LogP contribution in [0.4, 0.5) is 14.9 Å². The highest BCUT2D eigenvalue weighted by atomic mass is 19.1. The van der Waals surface area contributed by atoms with Crippen molar-refractivity contribution >= 4 is 17.7 Å². The zero-order chi connectivity index (χ0) is 14.6. The van der Waals surface area contributed by atoms with Gasteiger partial charge in [-0.3, -0.25) is 4.79 Å². The minimum atomic E-state index is -1.01. The van der Waals surface area contributed by atoms with E-state index < -0.39 is 29.8 Å². The lowest BCUT2D eigenvalue weighted by molar-refractivity contribution is -0.141. The zero-order valence-electron chi connectivity index (χ0n) is 11.0. The van der Waals surface area contributed by atoms with Crippen molar-refractivity contribution in [2.45, 2.75) is 26.8 Å². The maximum Gasteiger partial charge on any atom is 0.319 e. The van der Waals surface area contributed by atoms with Gasteiger partial charge in [0.2, 0.25) is 0 Å². The van der Waals surface area contributed by atoms with Crippen LogP contribution >= 0.6 is 0 Å². The average molecular weight is 268 g/mol. The molecule has 0 bridgehead atoms. The van der Waals surface area contributed by atoms with Crippen molar-refractivity contribution in [2.24, 2.45) is 5.92 Å². The maximum absolute atomic E-state index is 13.5. The standard InChI is InChI=1S/C13H17FN2O3/c1-7-4-5-11(10(14)6-7)16-13(19)15-9(3)8(2)12(17)18/h4-6,8-9H,1-3H3,(H,17,18)(H2,15,16,19). The summed E-state index contributed by atoms with van der Waals surface area (Å²) in [6.45, 7) is 4.80. The lowest BCUT2D eigenvalue weighted by Crippen LogP contribution is -2.42. The number of hydrogen-bond donors (Lipinski definition) is 3. The fourth-order valence-electron chi connectivity index (χ4n) is 1.43. The van der Waals surface area contributed by atoms with Gasteiger partial charge in [0.1, 0.15) is 5.82 Å². The van der Waals surface area contributed by atoms with Crippen molar-refractivity contribution in [3.8, 4) is 0 Å². The predicted octanol–water partition coefficient (Wildman–Crippen LogP) is 2.36. The summed E-state index contributed by atoms with van der Waals surface area (Å²) in [5.74, 6) is -2.27. The summed E-state index contributed by atoms with van der Waals surface area (Å²) in [7, 11) is 0. The third-order valence-corrected chi connectivity index (χ3v) is 2.87. The number of carboxylic acid groups (broad SMARTS) is 1. The van der Waals surface area contributed by atoms with Crippen molar-refractivity contribution in [3.63, 3.8) is 0 Å². The number of aliphatic carboxylic acids is 1. The Morgan fingerprint density at radius 1 is 1.32 bits per heavy atom. The first-order chi connectivity index (χ1) is 8.81. The second-order valence-electron chi connectivity index (χ2n) is 4.50. The van der Waals surface area contributed by atoms with E-state index in [4.69, 9.17) is 5.11 Å². The molecule has 0 saturated heterocycles. The summed E-state index contributed by atoms with van der Waals surface area (Å²) in [5.41, 5.74) is 0.801. The van der Waals surface area contributed by atoms with E-state index in [0.717, 1.165) is 5.56 Å². The van der Waals surface area contributed by atoms with Gasteiger partial charge >= 0.3 is 12.0 Å². The molecule has 0 aliphatic heterocycles. The lowest BCUT2D eigenvalue weighted by atomic mass is 10.0. The Morgan fingerprint density at radius 3 is 2.47 bits per heavy atom. The number of hydrogen-bond acceptors (Lipinski definition) is 2. The summed E-state index contributed by atoms with van der Waals surface area (Å²) >= 11 is 0. The summed E-state index contributed by atoms with van der Waals surface area (Å²) in [6, 6.07) is 3.23. The van der Waals surface area contributed by atoms with Crippen molar-refractivity contribution in [1.82, 2.24) is 5.32 Å². The summed E-state index contributed by atoms with van der Waals surface area (Å²) in [5, 5.41) is 13.6. The number of carbonyl (C=O) groups is 2. The Balaban J connectivity index is 2.63. The summed E-state index contributed by atoms with van der Waals surface area (Å²) in [4.78, 5) is 22.3. The second kappa shape index (κ2) is 6.17. The Hall–Kier alpha value is -2.11. The minimum Gasteiger partial charge on any atom is -0.481 e. The molecule has 0 aromatic heterocycles. The normalized spacial score (nSPS) is 13.5. The molecule has 0 spiro atoms. The number of aryl methyl sites for hydroxylation is 1. The van der Waals surface area contributed by atoms with E-state index in [1.807, 2.05) is 0 Å². The van der Waals surface area contributed by atoms with E-state index in [1.54, 1.807) is 19.9 Å². The Kier molecular flexibility index (Phi) is 4.86. The molecule has 0 saturated carbocycles. The molecule has 6 heteroatoms. The Bertz CT molecular complexity index is 491. The SMILES string of the molecule is Cc1ccc(NC(=O)NC(C)C(C)C(=O)O)c(F)c1. The topological polar surface area (TPSA) is 78.4 Å². The van der Waals surface area contributed by atoms with Crippen LogP contribution in [0, 0.1) is 18.7 Å². The molecule has 19 heavy (non-hydrogen) atoms. The zero-order valence-corrected chi connectivity index (χ0v) is 11.0. The number of rotatable bonds is 4. The molecule has 104 valence electrons. The first-order valence-electron chi connectivity index (χ1n) is 5.87. The van der Waals surface area contributed by atoms with Crippen molar-refractivity contribution in [1.29, 1.82) is 0 Å². The molecule has 0 heterocycles. The van der Waals surface area contributed by atoms with Gasteiger partial charge in [-0.15, -0.1) is 0 Å². The number of amides is 2. The molecular weight excluding hydrogens is 251 g/mol. The first-order valence-corrected chi connectivity index (χ1v) is 5.87. The molecule has 2 amide bonds. The number of urea groups is 1. The largest absolute Gasteiger partial charge is 0.481 e. The Morgan fingerprint density at radius 2 is 1.95 bits per heavy atom. The van der Waals surface area contributed by atoms with Crippen LogP contribution in [0.2, 0.25) is 0 Å². The van der Waals surface area contributed by atoms with Gasteiger partial charge in [0.05, 0.1) is 11.6 Å². The number of benzene rings is 1. The molecule has 0 radical (unpaired) electrons. The quantitative estimate of drug-likeness (QED) is 0.784. The van der Waals surface area contributed by atoms with Gasteiger partial charge in [0.15, 0.2) is 0 Å². The fraction of sp³-hybridized carbons (Fsp3) is 0.385. The lowest BCUT2D eigenvalue weighted by Gasteiger charge is -2.18. The highest BCUT2D eigenvalue weighted by molar-refractivity contribution is 5.90. The van der Waals surface area contributed by atoms with Gasteiger partial charge in [-0.1, -0.05) is 6.07 Å². The molecule has 0 aliphatic rings. The van der Waals surface area contributed by atoms with Gasteiger partial charge in [0, 0.05) is 6.04 Å². The number of carboxylic acids is 1. The molecule has 1 aromatic rings. The van der Waals surface area contributed by atoms with Gasteiger partial charge in [-0.25, -0.2) is 9.18 Å². The number of carbonyl (C=O) groups excluding carboxylic acids is 1. The van der Waals surface area contributed by atoms with Gasteiger partial charge in [-0.2, -0.15) is 0 Å². The second-order valence-corrected chi connectivity index (χ2v) is 4.50. The third kappa shape index (κ3) is 4.24. The van der Waals surface area contributed by atoms with Crippen LogP contribution in [0.15, 0.2) is 18.2 Å². The van der Waals surface area contributed by atoms with E-state index >= 15 is 0 Å². The van der Waals surface area contributed by atoms with Crippen LogP contribution in [0.25, 0.3) is 0 Å².